The van der Waals surface area contributed by atoms with Crippen LogP contribution >= 0.6 is 11.3 Å². The predicted molar refractivity (Wildman–Crippen MR) is 92.8 cm³/mol. The minimum Gasteiger partial charge on any atom is -0.463 e. The molecule has 4 rings (SSSR count). The summed E-state index contributed by atoms with van der Waals surface area (Å²) in [7, 11) is 0. The van der Waals surface area contributed by atoms with Gasteiger partial charge < -0.3 is 9.73 Å². The number of nitrogens with zero attached hydrogens (tertiary/aromatic N) is 1. The number of carbonyl (C=O) groups is 1. The van der Waals surface area contributed by atoms with Gasteiger partial charge in [-0.15, -0.1) is 11.3 Å². The maximum atomic E-state index is 12.7. The number of nitrogens with one attached hydrogen (secondary N) is 2. The Kier molecular flexibility index (Phi) is 4.21. The number of aromatic amines is 1. The quantitative estimate of drug-likeness (QED) is 0.723. The molecule has 1 amide bonds. The number of carbonyl (C=O) groups excluding carboxylic acids is 1. The lowest BCUT2D eigenvalue weighted by Crippen LogP contribution is -2.32. The van der Waals surface area contributed by atoms with Crippen molar-refractivity contribution in [3.05, 3.63) is 52.5 Å². The highest BCUT2D eigenvalue weighted by Crippen LogP contribution is 2.37. The van der Waals surface area contributed by atoms with Crippen LogP contribution in [0.3, 0.4) is 0 Å². The van der Waals surface area contributed by atoms with Crippen LogP contribution in [0.5, 0.6) is 0 Å². The molecule has 0 unspecified atom stereocenters. The van der Waals surface area contributed by atoms with Gasteiger partial charge in [0.25, 0.3) is 5.91 Å². The number of thiophene rings is 1. The topological polar surface area (TPSA) is 70.9 Å². The SMILES string of the molecule is O=C(N[C@H](c1cccs1)C1CCCC1)c1cc(-c2ccco2)[nH]n1. The van der Waals surface area contributed by atoms with E-state index in [1.807, 2.05) is 18.2 Å². The molecule has 0 bridgehead atoms. The van der Waals surface area contributed by atoms with Gasteiger partial charge in [0.05, 0.1) is 12.3 Å². The van der Waals surface area contributed by atoms with Gasteiger partial charge in [0, 0.05) is 10.9 Å². The number of aromatic nitrogens is 2. The molecule has 1 saturated carbocycles. The summed E-state index contributed by atoms with van der Waals surface area (Å²) in [4.78, 5) is 13.9. The molecule has 0 saturated heterocycles. The Morgan fingerprint density at radius 3 is 2.92 bits per heavy atom. The Balaban J connectivity index is 1.53. The molecule has 5 nitrogen and oxygen atoms in total. The number of H-pyrrole nitrogens is 1. The van der Waals surface area contributed by atoms with Crippen LogP contribution in [-0.2, 0) is 0 Å². The molecule has 24 heavy (non-hydrogen) atoms. The summed E-state index contributed by atoms with van der Waals surface area (Å²) in [6.45, 7) is 0. The second-order valence-corrected chi connectivity index (χ2v) is 7.13. The fourth-order valence-electron chi connectivity index (χ4n) is 3.39. The van der Waals surface area contributed by atoms with Crippen molar-refractivity contribution in [2.24, 2.45) is 5.92 Å². The summed E-state index contributed by atoms with van der Waals surface area (Å²) < 4.78 is 5.33. The number of hydrogen-bond acceptors (Lipinski definition) is 4. The van der Waals surface area contributed by atoms with E-state index >= 15 is 0 Å². The fraction of sp³-hybridized carbons (Fsp3) is 0.333. The molecule has 0 aromatic carbocycles. The number of furan rings is 1. The molecule has 0 spiro atoms. The second kappa shape index (κ2) is 6.65. The number of amides is 1. The van der Waals surface area contributed by atoms with Crippen LogP contribution in [0.2, 0.25) is 0 Å². The van der Waals surface area contributed by atoms with E-state index in [4.69, 9.17) is 4.42 Å². The zero-order valence-electron chi connectivity index (χ0n) is 13.2. The first-order valence-electron chi connectivity index (χ1n) is 8.25. The summed E-state index contributed by atoms with van der Waals surface area (Å²) in [5.74, 6) is 1.04. The molecule has 1 aliphatic rings. The van der Waals surface area contributed by atoms with Crippen molar-refractivity contribution in [1.82, 2.24) is 15.5 Å². The van der Waals surface area contributed by atoms with Gasteiger partial charge in [-0.25, -0.2) is 0 Å². The lowest BCUT2D eigenvalue weighted by molar-refractivity contribution is 0.0917. The van der Waals surface area contributed by atoms with E-state index in [1.165, 1.54) is 30.6 Å². The largest absolute Gasteiger partial charge is 0.463 e. The smallest absolute Gasteiger partial charge is 0.272 e. The Hall–Kier alpha value is -2.34. The zero-order valence-corrected chi connectivity index (χ0v) is 14.0. The Bertz CT molecular complexity index is 786. The molecule has 2 N–H and O–H groups in total. The molecule has 1 atom stereocenters. The van der Waals surface area contributed by atoms with Gasteiger partial charge in [0.1, 0.15) is 5.69 Å². The lowest BCUT2D eigenvalue weighted by Gasteiger charge is -2.23. The number of rotatable bonds is 5. The maximum Gasteiger partial charge on any atom is 0.272 e. The van der Waals surface area contributed by atoms with E-state index in [0.717, 1.165) is 0 Å². The molecule has 0 radical (unpaired) electrons. The first-order chi connectivity index (χ1) is 11.8. The molecule has 1 fully saturated rings. The average Bonchev–Trinajstić information content (AvgIpc) is 3.41. The third kappa shape index (κ3) is 3.01. The Morgan fingerprint density at radius 2 is 2.21 bits per heavy atom. The van der Waals surface area contributed by atoms with Crippen molar-refractivity contribution in [1.29, 1.82) is 0 Å². The van der Waals surface area contributed by atoms with Gasteiger partial charge in [0.15, 0.2) is 11.5 Å². The summed E-state index contributed by atoms with van der Waals surface area (Å²) in [5.41, 5.74) is 1.10. The highest BCUT2D eigenvalue weighted by Gasteiger charge is 2.29. The molecule has 3 aromatic rings. The minimum atomic E-state index is -0.144. The molecular weight excluding hydrogens is 322 g/mol. The Labute approximate surface area is 144 Å². The minimum absolute atomic E-state index is 0.0729. The summed E-state index contributed by atoms with van der Waals surface area (Å²) in [6.07, 6.45) is 6.42. The summed E-state index contributed by atoms with van der Waals surface area (Å²) in [6, 6.07) is 9.59. The van der Waals surface area contributed by atoms with Crippen molar-refractivity contribution in [2.75, 3.05) is 0 Å². The highest BCUT2D eigenvalue weighted by molar-refractivity contribution is 7.10. The van der Waals surface area contributed by atoms with Crippen molar-refractivity contribution >= 4 is 17.2 Å². The lowest BCUT2D eigenvalue weighted by atomic mass is 9.96. The summed E-state index contributed by atoms with van der Waals surface area (Å²) >= 11 is 1.70. The molecule has 3 aromatic heterocycles. The molecule has 3 heterocycles. The average molecular weight is 341 g/mol. The van der Waals surface area contributed by atoms with Crippen LogP contribution in [0.4, 0.5) is 0 Å². The first kappa shape index (κ1) is 15.2. The number of hydrogen-bond donors (Lipinski definition) is 2. The van der Waals surface area contributed by atoms with E-state index < -0.39 is 0 Å². The van der Waals surface area contributed by atoms with Crippen LogP contribution in [0, 0.1) is 5.92 Å². The van der Waals surface area contributed by atoms with Gasteiger partial charge in [-0.05, 0) is 42.3 Å². The fourth-order valence-corrected chi connectivity index (χ4v) is 4.26. The van der Waals surface area contributed by atoms with Crippen LogP contribution < -0.4 is 5.32 Å². The third-order valence-corrected chi connectivity index (χ3v) is 5.56. The van der Waals surface area contributed by atoms with Crippen molar-refractivity contribution in [3.63, 3.8) is 0 Å². The molecule has 6 heteroatoms. The monoisotopic (exact) mass is 341 g/mol. The van der Waals surface area contributed by atoms with Gasteiger partial charge in [-0.3, -0.25) is 9.89 Å². The standard InChI is InChI=1S/C18H19N3O2S/c22-18(14-11-13(20-21-14)15-7-3-9-23-15)19-17(12-5-1-2-6-12)16-8-4-10-24-16/h3-4,7-12,17H,1-2,5-6H2,(H,19,22)(H,20,21)/t17-/m0/s1. The second-order valence-electron chi connectivity index (χ2n) is 6.16. The van der Waals surface area contributed by atoms with Crippen molar-refractivity contribution in [3.8, 4) is 11.5 Å². The van der Waals surface area contributed by atoms with Crippen LogP contribution in [0.1, 0.15) is 47.1 Å². The van der Waals surface area contributed by atoms with Gasteiger partial charge in [0.2, 0.25) is 0 Å². The highest BCUT2D eigenvalue weighted by atomic mass is 32.1. The van der Waals surface area contributed by atoms with Gasteiger partial charge in [-0.2, -0.15) is 5.10 Å². The van der Waals surface area contributed by atoms with E-state index in [0.29, 0.717) is 23.1 Å². The van der Waals surface area contributed by atoms with E-state index in [9.17, 15) is 4.79 Å². The van der Waals surface area contributed by atoms with Crippen LogP contribution in [-0.4, -0.2) is 16.1 Å². The van der Waals surface area contributed by atoms with Crippen LogP contribution in [0.25, 0.3) is 11.5 Å². The van der Waals surface area contributed by atoms with Crippen LogP contribution in [0.15, 0.2) is 46.4 Å². The van der Waals surface area contributed by atoms with Crippen molar-refractivity contribution in [2.45, 2.75) is 31.7 Å². The molecule has 124 valence electrons. The van der Waals surface area contributed by atoms with Gasteiger partial charge in [-0.1, -0.05) is 18.9 Å². The first-order valence-corrected chi connectivity index (χ1v) is 9.13. The Morgan fingerprint density at radius 1 is 1.33 bits per heavy atom. The predicted octanol–water partition coefficient (Wildman–Crippen LogP) is 4.39. The zero-order chi connectivity index (χ0) is 16.4. The van der Waals surface area contributed by atoms with E-state index in [1.54, 1.807) is 23.7 Å². The molecular formula is C18H19N3O2S. The van der Waals surface area contributed by atoms with E-state index in [2.05, 4.69) is 27.0 Å². The van der Waals surface area contributed by atoms with E-state index in [-0.39, 0.29) is 11.9 Å². The normalized spacial score (nSPS) is 16.3. The van der Waals surface area contributed by atoms with Crippen molar-refractivity contribution < 1.29 is 9.21 Å². The van der Waals surface area contributed by atoms with Gasteiger partial charge >= 0.3 is 0 Å². The molecule has 0 aliphatic heterocycles. The maximum absolute atomic E-state index is 12.7. The third-order valence-electron chi connectivity index (χ3n) is 4.60. The summed E-state index contributed by atoms with van der Waals surface area (Å²) in [5, 5.41) is 12.3. The molecule has 1 aliphatic carbocycles.